The minimum absolute atomic E-state index is 0.373. The molecule has 0 radical (unpaired) electrons. The Hall–Kier alpha value is -1.31. The molecular formula is C16H21NO. The first-order valence-corrected chi connectivity index (χ1v) is 6.97. The van der Waals surface area contributed by atoms with Crippen LogP contribution in [0.5, 0.6) is 5.75 Å². The Morgan fingerprint density at radius 3 is 2.72 bits per heavy atom. The van der Waals surface area contributed by atoms with E-state index < -0.39 is 0 Å². The number of aromatic hydroxyl groups is 1. The molecule has 3 rings (SSSR count). The van der Waals surface area contributed by atoms with Gasteiger partial charge in [-0.1, -0.05) is 19.1 Å². The van der Waals surface area contributed by atoms with Gasteiger partial charge in [-0.3, -0.25) is 4.99 Å². The predicted molar refractivity (Wildman–Crippen MR) is 74.2 cm³/mol. The van der Waals surface area contributed by atoms with Gasteiger partial charge in [0, 0.05) is 11.8 Å². The third-order valence-electron chi connectivity index (χ3n) is 4.85. The van der Waals surface area contributed by atoms with Gasteiger partial charge in [-0.25, -0.2) is 0 Å². The number of aryl methyl sites for hydroxylation is 1. The number of benzene rings is 1. The topological polar surface area (TPSA) is 32.6 Å². The van der Waals surface area contributed by atoms with Gasteiger partial charge in [0.25, 0.3) is 0 Å². The van der Waals surface area contributed by atoms with E-state index in [-0.39, 0.29) is 0 Å². The third kappa shape index (κ3) is 1.94. The zero-order chi connectivity index (χ0) is 12.7. The number of phenols is 1. The molecule has 1 aromatic rings. The number of rotatable bonds is 2. The van der Waals surface area contributed by atoms with Gasteiger partial charge in [-0.2, -0.15) is 0 Å². The lowest BCUT2D eigenvalue weighted by molar-refractivity contribution is 0.329. The van der Waals surface area contributed by atoms with Crippen molar-refractivity contribution < 1.29 is 5.11 Å². The lowest BCUT2D eigenvalue weighted by atomic mass is 9.88. The molecule has 2 fully saturated rings. The molecule has 4 unspecified atom stereocenters. The third-order valence-corrected chi connectivity index (χ3v) is 4.85. The molecule has 2 saturated carbocycles. The summed E-state index contributed by atoms with van der Waals surface area (Å²) in [4.78, 5) is 4.73. The Balaban J connectivity index is 1.74. The second-order valence-corrected chi connectivity index (χ2v) is 6.06. The van der Waals surface area contributed by atoms with Gasteiger partial charge >= 0.3 is 0 Å². The summed E-state index contributed by atoms with van der Waals surface area (Å²) in [6, 6.07) is 6.32. The number of fused-ring (bicyclic) bond motifs is 2. The average Bonchev–Trinajstić information content (AvgIpc) is 2.90. The fourth-order valence-corrected chi connectivity index (χ4v) is 3.68. The largest absolute Gasteiger partial charge is 0.507 e. The SMILES string of the molecule is Cc1cccc(C=NC2CC3CC2CC3C)c1O. The fraction of sp³-hybridized carbons (Fsp3) is 0.562. The Bertz CT molecular complexity index is 478. The summed E-state index contributed by atoms with van der Waals surface area (Å²) in [5, 5.41) is 9.95. The van der Waals surface area contributed by atoms with Crippen molar-refractivity contribution in [2.45, 2.75) is 39.2 Å². The maximum Gasteiger partial charge on any atom is 0.127 e. The number of para-hydroxylation sites is 1. The summed E-state index contributed by atoms with van der Waals surface area (Å²) >= 11 is 0. The van der Waals surface area contributed by atoms with Gasteiger partial charge in [-0.05, 0) is 55.6 Å². The number of hydrogen-bond donors (Lipinski definition) is 1. The molecule has 2 bridgehead atoms. The Morgan fingerprint density at radius 2 is 2.06 bits per heavy atom. The number of phenolic OH excluding ortho intramolecular Hbond substituents is 1. The monoisotopic (exact) mass is 243 g/mol. The van der Waals surface area contributed by atoms with E-state index in [0.717, 1.165) is 28.9 Å². The summed E-state index contributed by atoms with van der Waals surface area (Å²) in [7, 11) is 0. The maximum atomic E-state index is 9.95. The lowest BCUT2D eigenvalue weighted by Crippen LogP contribution is -2.18. The van der Waals surface area contributed by atoms with E-state index in [0.29, 0.717) is 11.8 Å². The molecule has 4 atom stereocenters. The number of hydrogen-bond acceptors (Lipinski definition) is 2. The van der Waals surface area contributed by atoms with E-state index in [1.165, 1.54) is 19.3 Å². The number of aliphatic imine (C=N–C) groups is 1. The standard InChI is InChI=1S/C16H21NO/c1-10-4-3-5-12(16(10)18)9-17-15-8-13-7-14(15)6-11(13)2/h3-5,9,11,13-15,18H,6-8H2,1-2H3. The molecule has 0 saturated heterocycles. The van der Waals surface area contributed by atoms with Crippen LogP contribution in [0, 0.1) is 24.7 Å². The van der Waals surface area contributed by atoms with Crippen LogP contribution in [0.2, 0.25) is 0 Å². The van der Waals surface area contributed by atoms with Crippen LogP contribution in [0.1, 0.15) is 37.3 Å². The summed E-state index contributed by atoms with van der Waals surface area (Å²) in [6.45, 7) is 4.29. The van der Waals surface area contributed by atoms with Crippen LogP contribution >= 0.6 is 0 Å². The molecule has 2 aliphatic rings. The predicted octanol–water partition coefficient (Wildman–Crippen LogP) is 3.55. The van der Waals surface area contributed by atoms with Crippen molar-refractivity contribution in [3.8, 4) is 5.75 Å². The van der Waals surface area contributed by atoms with Crippen LogP contribution in [0.15, 0.2) is 23.2 Å². The molecule has 1 N–H and O–H groups in total. The summed E-state index contributed by atoms with van der Waals surface area (Å²) in [6.07, 6.45) is 5.82. The van der Waals surface area contributed by atoms with E-state index in [4.69, 9.17) is 4.99 Å². The molecule has 2 heteroatoms. The highest BCUT2D eigenvalue weighted by molar-refractivity contribution is 5.84. The van der Waals surface area contributed by atoms with Crippen molar-refractivity contribution in [3.05, 3.63) is 29.3 Å². The quantitative estimate of drug-likeness (QED) is 0.791. The Labute approximate surface area is 109 Å². The van der Waals surface area contributed by atoms with Crippen molar-refractivity contribution >= 4 is 6.21 Å². The van der Waals surface area contributed by atoms with Gasteiger partial charge in [0.05, 0.1) is 6.04 Å². The summed E-state index contributed by atoms with van der Waals surface area (Å²) in [5.74, 6) is 2.95. The molecule has 18 heavy (non-hydrogen) atoms. The molecule has 2 aliphatic carbocycles. The zero-order valence-corrected chi connectivity index (χ0v) is 11.1. The molecular weight excluding hydrogens is 222 g/mol. The smallest absolute Gasteiger partial charge is 0.127 e. The van der Waals surface area contributed by atoms with Gasteiger partial charge in [0.2, 0.25) is 0 Å². The first-order valence-electron chi connectivity index (χ1n) is 6.97. The minimum atomic E-state index is 0.373. The van der Waals surface area contributed by atoms with Crippen molar-refractivity contribution in [1.29, 1.82) is 0 Å². The Morgan fingerprint density at radius 1 is 1.22 bits per heavy atom. The van der Waals surface area contributed by atoms with E-state index in [1.807, 2.05) is 31.3 Å². The molecule has 1 aromatic carbocycles. The normalized spacial score (nSPS) is 34.6. The molecule has 0 amide bonds. The zero-order valence-electron chi connectivity index (χ0n) is 11.1. The Kier molecular flexibility index (Phi) is 2.89. The van der Waals surface area contributed by atoms with Crippen molar-refractivity contribution in [3.63, 3.8) is 0 Å². The molecule has 0 heterocycles. The lowest BCUT2D eigenvalue weighted by Gasteiger charge is -2.22. The summed E-state index contributed by atoms with van der Waals surface area (Å²) in [5.41, 5.74) is 1.77. The van der Waals surface area contributed by atoms with Crippen LogP contribution in [-0.2, 0) is 0 Å². The number of nitrogens with zero attached hydrogens (tertiary/aromatic N) is 1. The first-order chi connectivity index (χ1) is 8.65. The highest BCUT2D eigenvalue weighted by Crippen LogP contribution is 2.49. The van der Waals surface area contributed by atoms with Gasteiger partial charge in [0.15, 0.2) is 0 Å². The van der Waals surface area contributed by atoms with Gasteiger partial charge in [-0.15, -0.1) is 0 Å². The second kappa shape index (κ2) is 4.42. The van der Waals surface area contributed by atoms with Gasteiger partial charge in [0.1, 0.15) is 5.75 Å². The van der Waals surface area contributed by atoms with Crippen LogP contribution < -0.4 is 0 Å². The molecule has 0 aromatic heterocycles. The van der Waals surface area contributed by atoms with E-state index >= 15 is 0 Å². The minimum Gasteiger partial charge on any atom is -0.507 e. The van der Waals surface area contributed by atoms with Gasteiger partial charge < -0.3 is 5.11 Å². The van der Waals surface area contributed by atoms with Crippen LogP contribution in [0.3, 0.4) is 0 Å². The van der Waals surface area contributed by atoms with E-state index in [1.54, 1.807) is 0 Å². The highest BCUT2D eigenvalue weighted by atomic mass is 16.3. The fourth-order valence-electron chi connectivity index (χ4n) is 3.68. The second-order valence-electron chi connectivity index (χ2n) is 6.06. The van der Waals surface area contributed by atoms with Crippen LogP contribution in [0.25, 0.3) is 0 Å². The van der Waals surface area contributed by atoms with Crippen LogP contribution in [-0.4, -0.2) is 17.4 Å². The summed E-state index contributed by atoms with van der Waals surface area (Å²) < 4.78 is 0. The van der Waals surface area contributed by atoms with Crippen molar-refractivity contribution in [2.75, 3.05) is 0 Å². The van der Waals surface area contributed by atoms with Crippen LogP contribution in [0.4, 0.5) is 0 Å². The molecule has 0 spiro atoms. The maximum absolute atomic E-state index is 9.95. The molecule has 2 nitrogen and oxygen atoms in total. The van der Waals surface area contributed by atoms with Crippen molar-refractivity contribution in [1.82, 2.24) is 0 Å². The molecule has 0 aliphatic heterocycles. The molecule has 96 valence electrons. The average molecular weight is 243 g/mol. The van der Waals surface area contributed by atoms with E-state index in [9.17, 15) is 5.11 Å². The first kappa shape index (κ1) is 11.8. The van der Waals surface area contributed by atoms with E-state index in [2.05, 4.69) is 6.92 Å². The highest BCUT2D eigenvalue weighted by Gasteiger charge is 2.43. The van der Waals surface area contributed by atoms with Crippen molar-refractivity contribution in [2.24, 2.45) is 22.7 Å².